The minimum absolute atomic E-state index is 0.314. The molecule has 2 heterocycles. The summed E-state index contributed by atoms with van der Waals surface area (Å²) in [6.07, 6.45) is 1.73. The van der Waals surface area contributed by atoms with E-state index in [1.807, 2.05) is 44.2 Å². The van der Waals surface area contributed by atoms with Gasteiger partial charge in [-0.25, -0.2) is 9.67 Å². The summed E-state index contributed by atoms with van der Waals surface area (Å²) in [6.45, 7) is 6.10. The summed E-state index contributed by atoms with van der Waals surface area (Å²) in [4.78, 5) is 4.58. The zero-order chi connectivity index (χ0) is 17.3. The Hall–Kier alpha value is -1.99. The van der Waals surface area contributed by atoms with Crippen LogP contribution in [0.1, 0.15) is 39.1 Å². The fourth-order valence-electron chi connectivity index (χ4n) is 2.31. The number of benzene rings is 1. The van der Waals surface area contributed by atoms with Crippen LogP contribution in [0.5, 0.6) is 0 Å². The van der Waals surface area contributed by atoms with E-state index >= 15 is 0 Å². The molecule has 0 fully saturated rings. The molecule has 2 N–H and O–H groups in total. The molecule has 3 rings (SSSR count). The second kappa shape index (κ2) is 6.49. The van der Waals surface area contributed by atoms with Crippen LogP contribution in [0.25, 0.3) is 17.2 Å². The summed E-state index contributed by atoms with van der Waals surface area (Å²) in [5, 5.41) is 22.3. The molecule has 126 valence electrons. The van der Waals surface area contributed by atoms with E-state index in [4.69, 9.17) is 0 Å². The largest absolute Gasteiger partial charge is 0.385 e. The summed E-state index contributed by atoms with van der Waals surface area (Å²) < 4.78 is 2.68. The Morgan fingerprint density at radius 2 is 1.96 bits per heavy atom. The second-order valence-electron chi connectivity index (χ2n) is 6.40. The highest BCUT2D eigenvalue weighted by molar-refractivity contribution is 9.10. The van der Waals surface area contributed by atoms with E-state index in [9.17, 15) is 5.11 Å². The minimum atomic E-state index is -0.740. The van der Waals surface area contributed by atoms with E-state index in [-0.39, 0.29) is 5.41 Å². The van der Waals surface area contributed by atoms with Crippen LogP contribution in [0.15, 0.2) is 41.0 Å². The van der Waals surface area contributed by atoms with Crippen molar-refractivity contribution in [2.75, 3.05) is 0 Å². The van der Waals surface area contributed by atoms with Gasteiger partial charge in [0, 0.05) is 10.7 Å². The van der Waals surface area contributed by atoms with Crippen LogP contribution in [0, 0.1) is 5.41 Å². The molecule has 0 amide bonds. The first kappa shape index (κ1) is 16.9. The van der Waals surface area contributed by atoms with E-state index in [1.165, 1.54) is 0 Å². The highest BCUT2D eigenvalue weighted by atomic mass is 79.9. The third-order valence-corrected chi connectivity index (χ3v) is 4.87. The molecule has 24 heavy (non-hydrogen) atoms. The van der Waals surface area contributed by atoms with Gasteiger partial charge < -0.3 is 5.11 Å². The standard InChI is InChI=1S/C17H20BrN5O/c1-4-17(2,3)14(24)16-20-15(13-9-10-19-21-13)22-23(16)12-7-5-11(18)6-8-12/h5-10,14,24H,4H2,1-3H3,(H,19,21). The van der Waals surface area contributed by atoms with E-state index < -0.39 is 6.10 Å². The Bertz CT molecular complexity index is 808. The molecular weight excluding hydrogens is 370 g/mol. The van der Waals surface area contributed by atoms with Gasteiger partial charge in [-0.1, -0.05) is 36.7 Å². The van der Waals surface area contributed by atoms with Gasteiger partial charge in [-0.05, 0) is 42.2 Å². The molecule has 0 saturated carbocycles. The molecular formula is C17H20BrN5O. The maximum absolute atomic E-state index is 10.9. The monoisotopic (exact) mass is 389 g/mol. The number of aliphatic hydroxyl groups excluding tert-OH is 1. The number of aromatic amines is 1. The predicted molar refractivity (Wildman–Crippen MR) is 95.7 cm³/mol. The maximum atomic E-state index is 10.9. The summed E-state index contributed by atoms with van der Waals surface area (Å²) in [6, 6.07) is 9.56. The Morgan fingerprint density at radius 1 is 1.25 bits per heavy atom. The fraction of sp³-hybridized carbons (Fsp3) is 0.353. The summed E-state index contributed by atoms with van der Waals surface area (Å²) in [5.41, 5.74) is 1.25. The van der Waals surface area contributed by atoms with Gasteiger partial charge in [0.1, 0.15) is 11.8 Å². The van der Waals surface area contributed by atoms with Gasteiger partial charge in [0.05, 0.1) is 5.69 Å². The lowest BCUT2D eigenvalue weighted by Gasteiger charge is -2.28. The van der Waals surface area contributed by atoms with Crippen LogP contribution in [0.4, 0.5) is 0 Å². The summed E-state index contributed by atoms with van der Waals surface area (Å²) in [7, 11) is 0. The molecule has 3 aromatic rings. The molecule has 1 atom stereocenters. The first-order valence-corrected chi connectivity index (χ1v) is 8.62. The van der Waals surface area contributed by atoms with Crippen molar-refractivity contribution in [2.24, 2.45) is 5.41 Å². The average Bonchev–Trinajstić information content (AvgIpc) is 3.24. The molecule has 6 nitrogen and oxygen atoms in total. The van der Waals surface area contributed by atoms with Crippen molar-refractivity contribution in [3.05, 3.63) is 46.8 Å². The summed E-state index contributed by atoms with van der Waals surface area (Å²) >= 11 is 3.44. The van der Waals surface area contributed by atoms with Crippen LogP contribution >= 0.6 is 15.9 Å². The second-order valence-corrected chi connectivity index (χ2v) is 7.31. The molecule has 0 radical (unpaired) electrons. The maximum Gasteiger partial charge on any atom is 0.199 e. The zero-order valence-electron chi connectivity index (χ0n) is 13.9. The molecule has 1 aromatic carbocycles. The van der Waals surface area contributed by atoms with Crippen molar-refractivity contribution < 1.29 is 5.11 Å². The van der Waals surface area contributed by atoms with E-state index in [0.717, 1.165) is 16.6 Å². The molecule has 2 aromatic heterocycles. The van der Waals surface area contributed by atoms with E-state index in [1.54, 1.807) is 10.9 Å². The topological polar surface area (TPSA) is 79.6 Å². The smallest absolute Gasteiger partial charge is 0.199 e. The van der Waals surface area contributed by atoms with Crippen LogP contribution in [0.2, 0.25) is 0 Å². The molecule has 0 aliphatic rings. The zero-order valence-corrected chi connectivity index (χ0v) is 15.4. The van der Waals surface area contributed by atoms with Crippen LogP contribution in [-0.2, 0) is 0 Å². The Morgan fingerprint density at radius 3 is 2.54 bits per heavy atom. The Labute approximate surface area is 149 Å². The number of hydrogen-bond donors (Lipinski definition) is 2. The molecule has 0 bridgehead atoms. The first-order valence-electron chi connectivity index (χ1n) is 7.83. The molecule has 1 unspecified atom stereocenters. The number of hydrogen-bond acceptors (Lipinski definition) is 4. The predicted octanol–water partition coefficient (Wildman–Crippen LogP) is 3.89. The van der Waals surface area contributed by atoms with Crippen molar-refractivity contribution in [1.29, 1.82) is 0 Å². The molecule has 7 heteroatoms. The number of rotatable bonds is 5. The highest BCUT2D eigenvalue weighted by Gasteiger charge is 2.32. The van der Waals surface area contributed by atoms with Gasteiger partial charge in [-0.3, -0.25) is 5.10 Å². The molecule has 0 aliphatic carbocycles. The molecule has 0 spiro atoms. The van der Waals surface area contributed by atoms with Gasteiger partial charge in [0.25, 0.3) is 0 Å². The third-order valence-electron chi connectivity index (χ3n) is 4.34. The fourth-order valence-corrected chi connectivity index (χ4v) is 2.58. The van der Waals surface area contributed by atoms with Crippen molar-refractivity contribution >= 4 is 15.9 Å². The number of aliphatic hydroxyl groups is 1. The van der Waals surface area contributed by atoms with Crippen molar-refractivity contribution in [2.45, 2.75) is 33.3 Å². The van der Waals surface area contributed by atoms with Crippen molar-refractivity contribution in [3.63, 3.8) is 0 Å². The van der Waals surface area contributed by atoms with Gasteiger partial charge in [0.2, 0.25) is 0 Å². The number of aromatic nitrogens is 5. The van der Waals surface area contributed by atoms with Crippen LogP contribution < -0.4 is 0 Å². The first-order chi connectivity index (χ1) is 11.4. The van der Waals surface area contributed by atoms with E-state index in [2.05, 4.69) is 43.1 Å². The number of H-pyrrole nitrogens is 1. The van der Waals surface area contributed by atoms with Gasteiger partial charge >= 0.3 is 0 Å². The number of nitrogens with one attached hydrogen (secondary N) is 1. The SMILES string of the molecule is CCC(C)(C)C(O)c1nc(-c2ccn[nH]2)nn1-c1ccc(Br)cc1. The quantitative estimate of drug-likeness (QED) is 0.693. The van der Waals surface area contributed by atoms with Crippen molar-refractivity contribution in [1.82, 2.24) is 25.0 Å². The third kappa shape index (κ3) is 3.14. The summed E-state index contributed by atoms with van der Waals surface area (Å²) in [5.74, 6) is 1.03. The number of nitrogens with zero attached hydrogens (tertiary/aromatic N) is 4. The lowest BCUT2D eigenvalue weighted by Crippen LogP contribution is -2.24. The lowest BCUT2D eigenvalue weighted by atomic mass is 9.83. The molecule has 0 aliphatic heterocycles. The van der Waals surface area contributed by atoms with Crippen LogP contribution in [0.3, 0.4) is 0 Å². The van der Waals surface area contributed by atoms with Crippen molar-refractivity contribution in [3.8, 4) is 17.2 Å². The van der Waals surface area contributed by atoms with E-state index in [0.29, 0.717) is 17.3 Å². The minimum Gasteiger partial charge on any atom is -0.385 e. The van der Waals surface area contributed by atoms with Crippen LogP contribution in [-0.4, -0.2) is 30.1 Å². The van der Waals surface area contributed by atoms with Gasteiger partial charge in [-0.15, -0.1) is 5.10 Å². The Balaban J connectivity index is 2.13. The van der Waals surface area contributed by atoms with Gasteiger partial charge in [-0.2, -0.15) is 5.10 Å². The Kier molecular flexibility index (Phi) is 4.56. The van der Waals surface area contributed by atoms with Gasteiger partial charge in [0.15, 0.2) is 11.6 Å². The lowest BCUT2D eigenvalue weighted by molar-refractivity contribution is 0.0375. The highest BCUT2D eigenvalue weighted by Crippen LogP contribution is 2.36. The average molecular weight is 390 g/mol. The number of halogens is 1. The molecule has 0 saturated heterocycles. The normalized spacial score (nSPS) is 13.2.